The fraction of sp³-hybridized carbons (Fsp3) is 0.267. The van der Waals surface area contributed by atoms with E-state index in [9.17, 15) is 4.79 Å². The highest BCUT2D eigenvalue weighted by Crippen LogP contribution is 2.11. The molecule has 1 amide bonds. The van der Waals surface area contributed by atoms with Crippen LogP contribution >= 0.6 is 0 Å². The van der Waals surface area contributed by atoms with Gasteiger partial charge in [0.2, 0.25) is 0 Å². The molecule has 0 atom stereocenters. The van der Waals surface area contributed by atoms with Gasteiger partial charge in [-0.1, -0.05) is 30.9 Å². The van der Waals surface area contributed by atoms with Gasteiger partial charge in [-0.2, -0.15) is 0 Å². The normalized spacial score (nSPS) is 9.71. The molecule has 0 aromatic heterocycles. The number of hydrogen-bond donors (Lipinski definition) is 0. The number of benzene rings is 1. The average molecular weight is 229 g/mol. The van der Waals surface area contributed by atoms with Crippen molar-refractivity contribution in [1.82, 2.24) is 4.90 Å². The van der Waals surface area contributed by atoms with Crippen molar-refractivity contribution in [2.45, 2.75) is 19.8 Å². The molecule has 2 nitrogen and oxygen atoms in total. The van der Waals surface area contributed by atoms with E-state index < -0.39 is 0 Å². The van der Waals surface area contributed by atoms with Crippen molar-refractivity contribution in [1.29, 1.82) is 0 Å². The molecule has 90 valence electrons. The van der Waals surface area contributed by atoms with Gasteiger partial charge in [-0.25, -0.2) is 0 Å². The summed E-state index contributed by atoms with van der Waals surface area (Å²) in [6, 6.07) is 9.29. The van der Waals surface area contributed by atoms with Crippen molar-refractivity contribution in [3.05, 3.63) is 60.8 Å². The Balaban J connectivity index is 2.74. The second-order valence-electron chi connectivity index (χ2n) is 3.99. The monoisotopic (exact) mass is 229 g/mol. The number of amides is 1. The zero-order valence-corrected chi connectivity index (χ0v) is 10.4. The van der Waals surface area contributed by atoms with Crippen molar-refractivity contribution < 1.29 is 4.79 Å². The molecule has 0 aliphatic carbocycles. The van der Waals surface area contributed by atoms with Crippen LogP contribution in [0.1, 0.15) is 30.1 Å². The summed E-state index contributed by atoms with van der Waals surface area (Å²) in [6.45, 7) is 10.1. The van der Waals surface area contributed by atoms with Crippen LogP contribution in [-0.2, 0) is 0 Å². The van der Waals surface area contributed by atoms with Crippen molar-refractivity contribution in [2.24, 2.45) is 0 Å². The Morgan fingerprint density at radius 3 is 2.53 bits per heavy atom. The van der Waals surface area contributed by atoms with E-state index in [0.717, 1.165) is 18.5 Å². The summed E-state index contributed by atoms with van der Waals surface area (Å²) in [4.78, 5) is 13.9. The van der Waals surface area contributed by atoms with E-state index >= 15 is 0 Å². The third-order valence-corrected chi connectivity index (χ3v) is 2.52. The SMILES string of the molecule is C=CCCCN(C(=C)C)C(=O)c1ccccc1. The van der Waals surface area contributed by atoms with Crippen LogP contribution in [0.3, 0.4) is 0 Å². The summed E-state index contributed by atoms with van der Waals surface area (Å²) < 4.78 is 0. The minimum atomic E-state index is 0.0159. The van der Waals surface area contributed by atoms with Gasteiger partial charge in [0.05, 0.1) is 0 Å². The summed E-state index contributed by atoms with van der Waals surface area (Å²) in [6.07, 6.45) is 3.68. The number of rotatable bonds is 6. The van der Waals surface area contributed by atoms with E-state index in [2.05, 4.69) is 13.2 Å². The van der Waals surface area contributed by atoms with Gasteiger partial charge >= 0.3 is 0 Å². The Bertz CT molecular complexity index is 395. The molecular formula is C15H19NO. The van der Waals surface area contributed by atoms with Crippen LogP contribution in [-0.4, -0.2) is 17.4 Å². The zero-order valence-electron chi connectivity index (χ0n) is 10.4. The second kappa shape index (κ2) is 6.69. The molecule has 0 bridgehead atoms. The number of allylic oxidation sites excluding steroid dienone is 2. The van der Waals surface area contributed by atoms with E-state index in [-0.39, 0.29) is 5.91 Å². The molecule has 1 aromatic rings. The highest BCUT2D eigenvalue weighted by atomic mass is 16.2. The molecule has 0 unspecified atom stereocenters. The molecule has 1 rings (SSSR count). The summed E-state index contributed by atoms with van der Waals surface area (Å²) in [5.41, 5.74) is 1.48. The third kappa shape index (κ3) is 3.91. The van der Waals surface area contributed by atoms with E-state index in [1.807, 2.05) is 43.3 Å². The van der Waals surface area contributed by atoms with E-state index in [0.29, 0.717) is 12.1 Å². The average Bonchev–Trinajstić information content (AvgIpc) is 2.34. The molecule has 0 radical (unpaired) electrons. The quantitative estimate of drug-likeness (QED) is 0.539. The van der Waals surface area contributed by atoms with Crippen molar-refractivity contribution in [2.75, 3.05) is 6.54 Å². The maximum absolute atomic E-state index is 12.2. The number of nitrogens with zero attached hydrogens (tertiary/aromatic N) is 1. The molecule has 2 heteroatoms. The van der Waals surface area contributed by atoms with E-state index in [1.165, 1.54) is 0 Å². The summed E-state index contributed by atoms with van der Waals surface area (Å²) >= 11 is 0. The van der Waals surface area contributed by atoms with Crippen molar-refractivity contribution in [3.63, 3.8) is 0 Å². The van der Waals surface area contributed by atoms with Gasteiger partial charge < -0.3 is 4.90 Å². The summed E-state index contributed by atoms with van der Waals surface area (Å²) in [7, 11) is 0. The lowest BCUT2D eigenvalue weighted by Crippen LogP contribution is -2.29. The van der Waals surface area contributed by atoms with Crippen LogP contribution in [0.5, 0.6) is 0 Å². The van der Waals surface area contributed by atoms with E-state index in [1.54, 1.807) is 4.90 Å². The molecule has 1 aromatic carbocycles. The standard InChI is InChI=1S/C15H19NO/c1-4-5-9-12-16(13(2)3)15(17)14-10-7-6-8-11-14/h4,6-8,10-11H,1-2,5,9,12H2,3H3. The lowest BCUT2D eigenvalue weighted by molar-refractivity contribution is 0.0805. The maximum atomic E-state index is 12.2. The van der Waals surface area contributed by atoms with Crippen LogP contribution < -0.4 is 0 Å². The first-order chi connectivity index (χ1) is 8.16. The zero-order chi connectivity index (χ0) is 12.7. The first-order valence-corrected chi connectivity index (χ1v) is 5.80. The first-order valence-electron chi connectivity index (χ1n) is 5.80. The molecule has 17 heavy (non-hydrogen) atoms. The van der Waals surface area contributed by atoms with Gasteiger partial charge in [0, 0.05) is 17.8 Å². The molecule has 0 saturated carbocycles. The van der Waals surface area contributed by atoms with E-state index in [4.69, 9.17) is 0 Å². The molecule has 0 aliphatic heterocycles. The lowest BCUT2D eigenvalue weighted by Gasteiger charge is -2.22. The van der Waals surface area contributed by atoms with Crippen LogP contribution in [0.4, 0.5) is 0 Å². The Hall–Kier alpha value is -1.83. The fourth-order valence-corrected chi connectivity index (χ4v) is 1.60. The predicted molar refractivity (Wildman–Crippen MR) is 71.7 cm³/mol. The number of unbranched alkanes of at least 4 members (excludes halogenated alkanes) is 1. The molecule has 0 N–H and O–H groups in total. The van der Waals surface area contributed by atoms with Gasteiger partial charge in [0.15, 0.2) is 0 Å². The second-order valence-corrected chi connectivity index (χ2v) is 3.99. The van der Waals surface area contributed by atoms with Gasteiger partial charge in [-0.15, -0.1) is 6.58 Å². The predicted octanol–water partition coefficient (Wildman–Crippen LogP) is 3.63. The lowest BCUT2D eigenvalue weighted by atomic mass is 10.2. The number of carbonyl (C=O) groups is 1. The molecule has 0 saturated heterocycles. The molecular weight excluding hydrogens is 210 g/mol. The Labute approximate surface area is 103 Å². The van der Waals surface area contributed by atoms with Crippen LogP contribution in [0.2, 0.25) is 0 Å². The Morgan fingerprint density at radius 2 is 2.00 bits per heavy atom. The molecule has 0 heterocycles. The Morgan fingerprint density at radius 1 is 1.35 bits per heavy atom. The van der Waals surface area contributed by atoms with Crippen molar-refractivity contribution in [3.8, 4) is 0 Å². The minimum Gasteiger partial charge on any atom is -0.313 e. The van der Waals surface area contributed by atoms with Crippen LogP contribution in [0.25, 0.3) is 0 Å². The maximum Gasteiger partial charge on any atom is 0.257 e. The third-order valence-electron chi connectivity index (χ3n) is 2.52. The van der Waals surface area contributed by atoms with Crippen molar-refractivity contribution >= 4 is 5.91 Å². The molecule has 0 aliphatic rings. The smallest absolute Gasteiger partial charge is 0.257 e. The van der Waals surface area contributed by atoms with Crippen LogP contribution in [0.15, 0.2) is 55.3 Å². The number of carbonyl (C=O) groups excluding carboxylic acids is 1. The van der Waals surface area contributed by atoms with Crippen LogP contribution in [0, 0.1) is 0 Å². The highest BCUT2D eigenvalue weighted by molar-refractivity contribution is 5.95. The largest absolute Gasteiger partial charge is 0.313 e. The Kier molecular flexibility index (Phi) is 5.21. The fourth-order valence-electron chi connectivity index (χ4n) is 1.60. The van der Waals surface area contributed by atoms with Gasteiger partial charge in [-0.3, -0.25) is 4.79 Å². The minimum absolute atomic E-state index is 0.0159. The topological polar surface area (TPSA) is 20.3 Å². The van der Waals surface area contributed by atoms with Gasteiger partial charge in [-0.05, 0) is 31.9 Å². The summed E-state index contributed by atoms with van der Waals surface area (Å²) in [5.74, 6) is 0.0159. The molecule has 0 spiro atoms. The first kappa shape index (κ1) is 13.2. The van der Waals surface area contributed by atoms with Gasteiger partial charge in [0.25, 0.3) is 5.91 Å². The molecule has 0 fully saturated rings. The van der Waals surface area contributed by atoms with Gasteiger partial charge in [0.1, 0.15) is 0 Å². The number of hydrogen-bond acceptors (Lipinski definition) is 1. The summed E-state index contributed by atoms with van der Waals surface area (Å²) in [5, 5.41) is 0. The highest BCUT2D eigenvalue weighted by Gasteiger charge is 2.15.